The van der Waals surface area contributed by atoms with Crippen molar-refractivity contribution in [2.24, 2.45) is 5.41 Å². The molecule has 3 N–H and O–H groups in total. The van der Waals surface area contributed by atoms with E-state index in [1.807, 2.05) is 0 Å². The van der Waals surface area contributed by atoms with Crippen molar-refractivity contribution in [3.63, 3.8) is 0 Å². The highest BCUT2D eigenvalue weighted by Crippen LogP contribution is 2.46. The van der Waals surface area contributed by atoms with Crippen LogP contribution < -0.4 is 10.6 Å². The highest BCUT2D eigenvalue weighted by Gasteiger charge is 2.50. The fourth-order valence-electron chi connectivity index (χ4n) is 3.21. The molecule has 6 nitrogen and oxygen atoms in total. The number of nitrogens with zero attached hydrogens (tertiary/aromatic N) is 1. The van der Waals surface area contributed by atoms with Crippen LogP contribution in [0.1, 0.15) is 31.0 Å². The summed E-state index contributed by atoms with van der Waals surface area (Å²) in [6.07, 6.45) is 4.78. The Balaban J connectivity index is 1.56. The zero-order valence-corrected chi connectivity index (χ0v) is 16.3. The van der Waals surface area contributed by atoms with Gasteiger partial charge in [-0.05, 0) is 42.7 Å². The van der Waals surface area contributed by atoms with E-state index in [1.54, 1.807) is 24.3 Å². The maximum absolute atomic E-state index is 14.5. The fraction of sp³-hybridized carbons (Fsp3) is 0.227. The summed E-state index contributed by atoms with van der Waals surface area (Å²) in [4.78, 5) is 23.8. The summed E-state index contributed by atoms with van der Waals surface area (Å²) in [5, 5.41) is 12.9. The minimum absolute atomic E-state index is 0.0550. The van der Waals surface area contributed by atoms with Gasteiger partial charge in [-0.25, -0.2) is 8.78 Å². The number of carbonyl (C=O) groups is 2. The first-order chi connectivity index (χ1) is 14.4. The van der Waals surface area contributed by atoms with E-state index in [2.05, 4.69) is 20.8 Å². The quantitative estimate of drug-likeness (QED) is 0.577. The number of aromatic amines is 1. The van der Waals surface area contributed by atoms with Crippen molar-refractivity contribution in [1.82, 2.24) is 15.5 Å². The van der Waals surface area contributed by atoms with E-state index < -0.39 is 11.2 Å². The van der Waals surface area contributed by atoms with Gasteiger partial charge in [-0.15, -0.1) is 0 Å². The molecule has 0 atom stereocenters. The first-order valence-corrected chi connectivity index (χ1v) is 9.53. The summed E-state index contributed by atoms with van der Waals surface area (Å²) in [6, 6.07) is 8.80. The lowest BCUT2D eigenvalue weighted by molar-refractivity contribution is -0.122. The Kier molecular flexibility index (Phi) is 5.07. The van der Waals surface area contributed by atoms with Gasteiger partial charge in [-0.1, -0.05) is 18.2 Å². The smallest absolute Gasteiger partial charge is 0.232 e. The van der Waals surface area contributed by atoms with E-state index in [1.165, 1.54) is 31.2 Å². The predicted molar refractivity (Wildman–Crippen MR) is 110 cm³/mol. The molecular formula is C22H20F2N4O2. The lowest BCUT2D eigenvalue weighted by Gasteiger charge is -2.16. The number of rotatable bonds is 6. The number of carbonyl (C=O) groups excluding carboxylic acids is 2. The zero-order chi connectivity index (χ0) is 21.3. The third-order valence-electron chi connectivity index (χ3n) is 5.24. The topological polar surface area (TPSA) is 86.9 Å². The number of nitrogens with one attached hydrogen (secondary N) is 3. The Morgan fingerprint density at radius 3 is 2.57 bits per heavy atom. The molecule has 8 heteroatoms. The van der Waals surface area contributed by atoms with Crippen LogP contribution in [0.15, 0.2) is 36.4 Å². The van der Waals surface area contributed by atoms with Crippen molar-refractivity contribution in [2.75, 3.05) is 11.9 Å². The molecule has 0 unspecified atom stereocenters. The number of benzene rings is 2. The average Bonchev–Trinajstić information content (AvgIpc) is 3.42. The standard InChI is InChI=1S/C22H20F2N4O2/c1-13(29)25-12-22(8-9-22)21(30)26-20-10-16-18(27-28-19(16)11-17(20)24)7-4-14-2-5-15(23)6-3-14/h2-7,10-11H,8-9,12H2,1H3,(H,25,29)(H,26,30)(H,27,28)/b7-4+. The molecule has 2 amide bonds. The van der Waals surface area contributed by atoms with E-state index in [0.29, 0.717) is 29.4 Å². The molecule has 0 radical (unpaired) electrons. The summed E-state index contributed by atoms with van der Waals surface area (Å²) in [5.74, 6) is -1.43. The summed E-state index contributed by atoms with van der Waals surface area (Å²) in [5.41, 5.74) is 1.21. The second-order valence-corrected chi connectivity index (χ2v) is 7.52. The van der Waals surface area contributed by atoms with Crippen LogP contribution in [0, 0.1) is 17.0 Å². The molecule has 154 valence electrons. The van der Waals surface area contributed by atoms with Gasteiger partial charge in [-0.3, -0.25) is 14.7 Å². The number of halogens is 2. The number of hydrogen-bond donors (Lipinski definition) is 3. The van der Waals surface area contributed by atoms with Gasteiger partial charge in [0.25, 0.3) is 0 Å². The van der Waals surface area contributed by atoms with Crippen molar-refractivity contribution in [2.45, 2.75) is 19.8 Å². The Hall–Kier alpha value is -3.55. The molecule has 30 heavy (non-hydrogen) atoms. The van der Waals surface area contributed by atoms with Crippen molar-refractivity contribution in [3.05, 3.63) is 59.3 Å². The van der Waals surface area contributed by atoms with Crippen LogP contribution in [0.3, 0.4) is 0 Å². The summed E-state index contributed by atoms with van der Waals surface area (Å²) in [7, 11) is 0. The third-order valence-corrected chi connectivity index (χ3v) is 5.24. The monoisotopic (exact) mass is 410 g/mol. The van der Waals surface area contributed by atoms with E-state index in [0.717, 1.165) is 5.56 Å². The van der Waals surface area contributed by atoms with Gasteiger partial charge in [0, 0.05) is 24.9 Å². The second kappa shape index (κ2) is 7.70. The summed E-state index contributed by atoms with van der Waals surface area (Å²) < 4.78 is 27.6. The van der Waals surface area contributed by atoms with Crippen molar-refractivity contribution in [1.29, 1.82) is 0 Å². The molecule has 3 aromatic rings. The number of fused-ring (bicyclic) bond motifs is 1. The molecule has 2 aromatic carbocycles. The van der Waals surface area contributed by atoms with Gasteiger partial charge in [0.15, 0.2) is 0 Å². The Morgan fingerprint density at radius 2 is 1.90 bits per heavy atom. The van der Waals surface area contributed by atoms with Crippen LogP contribution in [0.5, 0.6) is 0 Å². The van der Waals surface area contributed by atoms with Crippen LogP contribution in [0.2, 0.25) is 0 Å². The molecule has 1 saturated carbocycles. The van der Waals surface area contributed by atoms with Crippen molar-refractivity contribution >= 4 is 40.6 Å². The average molecular weight is 410 g/mol. The highest BCUT2D eigenvalue weighted by atomic mass is 19.1. The number of anilines is 1. The zero-order valence-electron chi connectivity index (χ0n) is 16.3. The van der Waals surface area contributed by atoms with Crippen LogP contribution in [-0.4, -0.2) is 28.6 Å². The number of amides is 2. The maximum atomic E-state index is 14.5. The van der Waals surface area contributed by atoms with Gasteiger partial charge in [-0.2, -0.15) is 5.10 Å². The van der Waals surface area contributed by atoms with Gasteiger partial charge < -0.3 is 10.6 Å². The Labute approximate surface area is 171 Å². The highest BCUT2D eigenvalue weighted by molar-refractivity contribution is 6.00. The normalized spacial score (nSPS) is 14.8. The largest absolute Gasteiger partial charge is 0.355 e. The van der Waals surface area contributed by atoms with Crippen molar-refractivity contribution < 1.29 is 18.4 Å². The fourth-order valence-corrected chi connectivity index (χ4v) is 3.21. The van der Waals surface area contributed by atoms with Crippen molar-refractivity contribution in [3.8, 4) is 0 Å². The Bertz CT molecular complexity index is 1150. The Morgan fingerprint density at radius 1 is 1.17 bits per heavy atom. The molecule has 1 heterocycles. The predicted octanol–water partition coefficient (Wildman–Crippen LogP) is 3.87. The van der Waals surface area contributed by atoms with E-state index >= 15 is 0 Å². The molecule has 1 aliphatic rings. The molecule has 0 bridgehead atoms. The number of aromatic nitrogens is 2. The number of hydrogen-bond acceptors (Lipinski definition) is 3. The maximum Gasteiger partial charge on any atom is 0.232 e. The first-order valence-electron chi connectivity index (χ1n) is 9.53. The molecule has 1 aliphatic carbocycles. The molecule has 1 aromatic heterocycles. The van der Waals surface area contributed by atoms with Gasteiger partial charge in [0.2, 0.25) is 11.8 Å². The SMILES string of the molecule is CC(=O)NCC1(C(=O)Nc2cc3c(/C=C/c4ccc(F)cc4)n[nH]c3cc2F)CC1. The lowest BCUT2D eigenvalue weighted by atomic mass is 10.1. The molecule has 4 rings (SSSR count). The minimum Gasteiger partial charge on any atom is -0.355 e. The van der Waals surface area contributed by atoms with E-state index in [4.69, 9.17) is 0 Å². The van der Waals surface area contributed by atoms with Gasteiger partial charge in [0.05, 0.1) is 22.3 Å². The van der Waals surface area contributed by atoms with Crippen LogP contribution in [-0.2, 0) is 9.59 Å². The van der Waals surface area contributed by atoms with Gasteiger partial charge in [0.1, 0.15) is 11.6 Å². The molecule has 0 saturated heterocycles. The van der Waals surface area contributed by atoms with Gasteiger partial charge >= 0.3 is 0 Å². The van der Waals surface area contributed by atoms with Crippen LogP contribution >= 0.6 is 0 Å². The first kappa shape index (κ1) is 19.8. The molecule has 0 spiro atoms. The van der Waals surface area contributed by atoms with Crippen LogP contribution in [0.25, 0.3) is 23.1 Å². The summed E-state index contributed by atoms with van der Waals surface area (Å²) >= 11 is 0. The molecule has 1 fully saturated rings. The summed E-state index contributed by atoms with van der Waals surface area (Å²) in [6.45, 7) is 1.62. The molecular weight excluding hydrogens is 390 g/mol. The van der Waals surface area contributed by atoms with E-state index in [-0.39, 0.29) is 29.9 Å². The number of H-pyrrole nitrogens is 1. The third kappa shape index (κ3) is 4.07. The van der Waals surface area contributed by atoms with Crippen LogP contribution in [0.4, 0.5) is 14.5 Å². The lowest BCUT2D eigenvalue weighted by Crippen LogP contribution is -2.36. The second-order valence-electron chi connectivity index (χ2n) is 7.52. The van der Waals surface area contributed by atoms with E-state index in [9.17, 15) is 18.4 Å². The molecule has 0 aliphatic heterocycles. The minimum atomic E-state index is -0.686.